The summed E-state index contributed by atoms with van der Waals surface area (Å²) in [6, 6.07) is 22.3. The van der Waals surface area contributed by atoms with Crippen molar-refractivity contribution in [2.45, 2.75) is 0 Å². The molecule has 48 heavy (non-hydrogen) atoms. The molecule has 0 aliphatic rings. The number of aliphatic carboxylic acids is 2. The number of carboxylic acids is 2. The van der Waals surface area contributed by atoms with Gasteiger partial charge < -0.3 is 43.8 Å². The molecule has 12 nitrogen and oxygen atoms in total. The van der Waals surface area contributed by atoms with Crippen molar-refractivity contribution in [3.63, 3.8) is 0 Å². The van der Waals surface area contributed by atoms with Crippen LogP contribution in [0.15, 0.2) is 84.9 Å². The SMILES string of the molecule is COc1ccc(C(=O)c2ccc(O)cc2)c(OC)c1.COc1ccc(C(=O)c2ccc(OCC(=O)O)cc2)c(OC)c1.O=C([O-])CCl.[Na+]. The van der Waals surface area contributed by atoms with E-state index in [9.17, 15) is 19.5 Å². The third-order valence-corrected chi connectivity index (χ3v) is 6.24. The van der Waals surface area contributed by atoms with E-state index in [4.69, 9.17) is 38.7 Å². The molecular weight excluding hydrogens is 659 g/mol. The number of phenolic OH excluding ortho intramolecular Hbond substituents is 1. The van der Waals surface area contributed by atoms with Gasteiger partial charge in [-0.2, -0.15) is 0 Å². The Morgan fingerprint density at radius 1 is 0.646 bits per heavy atom. The smallest absolute Gasteiger partial charge is 0.549 e. The largest absolute Gasteiger partial charge is 1.00 e. The van der Waals surface area contributed by atoms with Crippen molar-refractivity contribution in [1.29, 1.82) is 0 Å². The second-order valence-electron chi connectivity index (χ2n) is 9.05. The van der Waals surface area contributed by atoms with Gasteiger partial charge in [0.15, 0.2) is 18.2 Å². The maximum absolute atomic E-state index is 12.5. The van der Waals surface area contributed by atoms with Gasteiger partial charge in [-0.15, -0.1) is 11.6 Å². The van der Waals surface area contributed by atoms with Crippen molar-refractivity contribution in [1.82, 2.24) is 0 Å². The van der Waals surface area contributed by atoms with Crippen LogP contribution in [0.5, 0.6) is 34.5 Å². The van der Waals surface area contributed by atoms with Gasteiger partial charge in [-0.05, 0) is 72.8 Å². The molecule has 0 radical (unpaired) electrons. The Hall–Kier alpha value is -4.75. The molecular formula is C34H32ClNaO12. The quantitative estimate of drug-likeness (QED) is 0.123. The fraction of sp³-hybridized carbons (Fsp3) is 0.176. The van der Waals surface area contributed by atoms with E-state index in [2.05, 4.69) is 11.6 Å². The number of alkyl halides is 1. The van der Waals surface area contributed by atoms with Crippen LogP contribution in [-0.4, -0.2) is 74.6 Å². The minimum Gasteiger partial charge on any atom is -0.549 e. The minimum absolute atomic E-state index is 0. The summed E-state index contributed by atoms with van der Waals surface area (Å²) in [6.45, 7) is -0.431. The van der Waals surface area contributed by atoms with Crippen LogP contribution in [0.1, 0.15) is 31.8 Å². The number of aromatic hydroxyl groups is 1. The number of hydrogen-bond acceptors (Lipinski definition) is 11. The van der Waals surface area contributed by atoms with E-state index >= 15 is 0 Å². The molecule has 4 aromatic carbocycles. The first-order valence-electron chi connectivity index (χ1n) is 13.5. The number of benzene rings is 4. The molecule has 0 atom stereocenters. The van der Waals surface area contributed by atoms with Crippen LogP contribution in [0.4, 0.5) is 0 Å². The molecule has 0 bridgehead atoms. The summed E-state index contributed by atoms with van der Waals surface area (Å²) in [4.78, 5) is 44.5. The number of carbonyl (C=O) groups excluding carboxylic acids is 3. The van der Waals surface area contributed by atoms with Gasteiger partial charge in [-0.3, -0.25) is 9.59 Å². The Morgan fingerprint density at radius 3 is 1.35 bits per heavy atom. The van der Waals surface area contributed by atoms with Crippen molar-refractivity contribution in [3.8, 4) is 34.5 Å². The first-order chi connectivity index (χ1) is 22.5. The summed E-state index contributed by atoms with van der Waals surface area (Å²) in [5.41, 5.74) is 1.79. The second-order valence-corrected chi connectivity index (χ2v) is 9.32. The van der Waals surface area contributed by atoms with Crippen LogP contribution >= 0.6 is 11.6 Å². The van der Waals surface area contributed by atoms with Gasteiger partial charge in [0.2, 0.25) is 0 Å². The third-order valence-electron chi connectivity index (χ3n) is 6.02. The average Bonchev–Trinajstić information content (AvgIpc) is 3.10. The van der Waals surface area contributed by atoms with E-state index in [0.29, 0.717) is 51.0 Å². The summed E-state index contributed by atoms with van der Waals surface area (Å²) >= 11 is 4.67. The first kappa shape index (κ1) is 41.3. The van der Waals surface area contributed by atoms with E-state index in [0.717, 1.165) is 0 Å². The van der Waals surface area contributed by atoms with Gasteiger partial charge in [-0.1, -0.05) is 0 Å². The number of halogens is 1. The van der Waals surface area contributed by atoms with E-state index < -0.39 is 24.4 Å². The topological polar surface area (TPSA) is 178 Å². The molecule has 0 aliphatic heterocycles. The number of methoxy groups -OCH3 is 4. The molecule has 0 amide bonds. The van der Waals surface area contributed by atoms with Crippen LogP contribution in [0.2, 0.25) is 0 Å². The van der Waals surface area contributed by atoms with Crippen molar-refractivity contribution in [3.05, 3.63) is 107 Å². The standard InChI is InChI=1S/C17H16O6.C15H14O4.C2H3ClO2.Na/c1-21-13-7-8-14(15(9-13)22-2)17(20)11-3-5-12(6-4-11)23-10-16(18)19;1-18-12-7-8-13(14(9-12)19-2)15(17)10-3-5-11(16)6-4-10;3-1-2(4)5;/h3-9H,10H2,1-2H3,(H,18,19);3-9,16H,1-2H3;1H2,(H,4,5);/q;;;+1/p-1. The Balaban J connectivity index is 0.000000418. The number of carboxylic acid groups (broad SMARTS) is 2. The summed E-state index contributed by atoms with van der Waals surface area (Å²) in [5.74, 6) is -0.495. The second kappa shape index (κ2) is 21.2. The van der Waals surface area contributed by atoms with Gasteiger partial charge in [0.05, 0.1) is 51.4 Å². The predicted molar refractivity (Wildman–Crippen MR) is 169 cm³/mol. The molecule has 0 aromatic heterocycles. The molecule has 0 saturated heterocycles. The van der Waals surface area contributed by atoms with Crippen LogP contribution in [0.25, 0.3) is 0 Å². The third kappa shape index (κ3) is 12.8. The van der Waals surface area contributed by atoms with Crippen LogP contribution < -0.4 is 58.3 Å². The molecule has 0 spiro atoms. The summed E-state index contributed by atoms with van der Waals surface area (Å²) in [7, 11) is 6.07. The minimum atomic E-state index is -1.23. The molecule has 0 saturated carbocycles. The van der Waals surface area contributed by atoms with Crippen molar-refractivity contribution >= 4 is 35.1 Å². The van der Waals surface area contributed by atoms with Gasteiger partial charge in [0.25, 0.3) is 0 Å². The van der Waals surface area contributed by atoms with Crippen molar-refractivity contribution < 1.29 is 87.7 Å². The molecule has 4 rings (SSSR count). The molecule has 248 valence electrons. The monoisotopic (exact) mass is 690 g/mol. The summed E-state index contributed by atoms with van der Waals surface area (Å²) in [5, 5.41) is 26.9. The number of ketones is 2. The van der Waals surface area contributed by atoms with E-state index in [1.807, 2.05) is 0 Å². The summed E-state index contributed by atoms with van der Waals surface area (Å²) < 4.78 is 25.7. The molecule has 0 fully saturated rings. The van der Waals surface area contributed by atoms with Gasteiger partial charge >= 0.3 is 35.5 Å². The Morgan fingerprint density at radius 2 is 1.02 bits per heavy atom. The number of phenols is 1. The van der Waals surface area contributed by atoms with E-state index in [-0.39, 0.29) is 46.9 Å². The zero-order chi connectivity index (χ0) is 34.9. The van der Waals surface area contributed by atoms with E-state index in [1.165, 1.54) is 33.5 Å². The molecule has 2 N–H and O–H groups in total. The number of rotatable bonds is 12. The average molecular weight is 691 g/mol. The van der Waals surface area contributed by atoms with Gasteiger partial charge in [0, 0.05) is 23.3 Å². The molecule has 0 heterocycles. The number of hydrogen-bond donors (Lipinski definition) is 2. The molecule has 4 aromatic rings. The van der Waals surface area contributed by atoms with Gasteiger partial charge in [-0.25, -0.2) is 4.79 Å². The Labute approximate surface area is 304 Å². The molecule has 0 aliphatic carbocycles. The number of carbonyl (C=O) groups is 4. The zero-order valence-electron chi connectivity index (χ0n) is 26.9. The van der Waals surface area contributed by atoms with Crippen molar-refractivity contribution in [2.24, 2.45) is 0 Å². The maximum Gasteiger partial charge on any atom is 1.00 e. The fourth-order valence-corrected chi connectivity index (χ4v) is 3.74. The van der Waals surface area contributed by atoms with Crippen LogP contribution in [-0.2, 0) is 9.59 Å². The maximum atomic E-state index is 12.5. The fourth-order valence-electron chi connectivity index (χ4n) is 3.74. The predicted octanol–water partition coefficient (Wildman–Crippen LogP) is 1.02. The Kier molecular flexibility index (Phi) is 18.2. The normalized spacial score (nSPS) is 9.52. The zero-order valence-corrected chi connectivity index (χ0v) is 29.6. The van der Waals surface area contributed by atoms with Crippen LogP contribution in [0.3, 0.4) is 0 Å². The number of ether oxygens (including phenoxy) is 5. The van der Waals surface area contributed by atoms with Crippen LogP contribution in [0, 0.1) is 0 Å². The van der Waals surface area contributed by atoms with Crippen molar-refractivity contribution in [2.75, 3.05) is 40.9 Å². The van der Waals surface area contributed by atoms with E-state index in [1.54, 1.807) is 79.9 Å². The Bertz CT molecular complexity index is 1660. The molecule has 0 unspecified atom stereocenters. The van der Waals surface area contributed by atoms with Gasteiger partial charge in [0.1, 0.15) is 34.5 Å². The first-order valence-corrected chi connectivity index (χ1v) is 14.0. The molecule has 14 heteroatoms. The summed E-state index contributed by atoms with van der Waals surface area (Å²) in [6.07, 6.45) is 0.